The van der Waals surface area contributed by atoms with E-state index in [-0.39, 0.29) is 6.61 Å². The van der Waals surface area contributed by atoms with E-state index < -0.39 is 30.7 Å². The second-order valence-corrected chi connectivity index (χ2v) is 6.30. The first kappa shape index (κ1) is 20.8. The van der Waals surface area contributed by atoms with Gasteiger partial charge in [-0.1, -0.05) is 51.9 Å². The summed E-state index contributed by atoms with van der Waals surface area (Å²) in [6, 6.07) is 0. The van der Waals surface area contributed by atoms with Gasteiger partial charge in [-0.3, -0.25) is 0 Å². The van der Waals surface area contributed by atoms with Crippen molar-refractivity contribution in [2.75, 3.05) is 20.3 Å². The predicted octanol–water partition coefficient (Wildman–Crippen LogP) is 1.60. The van der Waals surface area contributed by atoms with E-state index in [9.17, 15) is 15.3 Å². The lowest BCUT2D eigenvalue weighted by atomic mass is 9.99. The Hall–Kier alpha value is -0.240. The van der Waals surface area contributed by atoms with Crippen LogP contribution in [0.1, 0.15) is 58.3 Å². The van der Waals surface area contributed by atoms with Crippen molar-refractivity contribution in [1.82, 2.24) is 0 Å². The van der Waals surface area contributed by atoms with E-state index >= 15 is 0 Å². The molecule has 0 aromatic rings. The highest BCUT2D eigenvalue weighted by molar-refractivity contribution is 4.88. The van der Waals surface area contributed by atoms with Gasteiger partial charge >= 0.3 is 0 Å². The van der Waals surface area contributed by atoms with Gasteiger partial charge in [0.1, 0.15) is 24.4 Å². The second kappa shape index (κ2) is 12.2. The minimum absolute atomic E-state index is 0.182. The van der Waals surface area contributed by atoms with E-state index in [2.05, 4.69) is 6.92 Å². The zero-order valence-corrected chi connectivity index (χ0v) is 14.5. The van der Waals surface area contributed by atoms with Crippen molar-refractivity contribution in [1.29, 1.82) is 0 Å². The summed E-state index contributed by atoms with van der Waals surface area (Å²) in [7, 11) is 1.39. The number of ether oxygens (including phenoxy) is 3. The van der Waals surface area contributed by atoms with E-state index in [1.165, 1.54) is 45.6 Å². The van der Waals surface area contributed by atoms with Gasteiger partial charge in [-0.25, -0.2) is 0 Å². The van der Waals surface area contributed by atoms with Crippen LogP contribution >= 0.6 is 0 Å². The lowest BCUT2D eigenvalue weighted by molar-refractivity contribution is -0.296. The largest absolute Gasteiger partial charge is 0.387 e. The molecule has 0 spiro atoms. The quantitative estimate of drug-likeness (QED) is 0.470. The summed E-state index contributed by atoms with van der Waals surface area (Å²) < 4.78 is 15.9. The van der Waals surface area contributed by atoms with Crippen LogP contribution in [0.3, 0.4) is 0 Å². The minimum Gasteiger partial charge on any atom is -0.387 e. The Morgan fingerprint density at radius 2 is 1.43 bits per heavy atom. The zero-order chi connectivity index (χ0) is 17.1. The number of aliphatic hydroxyl groups is 3. The molecule has 1 aliphatic heterocycles. The molecule has 0 aromatic carbocycles. The fourth-order valence-electron chi connectivity index (χ4n) is 2.79. The second-order valence-electron chi connectivity index (χ2n) is 6.30. The van der Waals surface area contributed by atoms with Crippen molar-refractivity contribution < 1.29 is 29.5 Å². The van der Waals surface area contributed by atoms with E-state index in [1.807, 2.05) is 0 Å². The molecule has 0 amide bonds. The molecule has 1 saturated heterocycles. The summed E-state index contributed by atoms with van der Waals surface area (Å²) in [4.78, 5) is 0. The van der Waals surface area contributed by atoms with Gasteiger partial charge in [0.05, 0.1) is 6.61 Å². The summed E-state index contributed by atoms with van der Waals surface area (Å²) in [6.07, 6.45) is 4.55. The van der Waals surface area contributed by atoms with Crippen LogP contribution in [0, 0.1) is 0 Å². The molecule has 3 N–H and O–H groups in total. The third-order valence-electron chi connectivity index (χ3n) is 4.33. The molecule has 6 heteroatoms. The van der Waals surface area contributed by atoms with Crippen molar-refractivity contribution in [3.8, 4) is 0 Å². The standard InChI is InChI=1S/C17H34O6/c1-3-4-5-6-7-8-9-10-11-22-12-13-14(18)15(19)16(20)17(21-2)23-13/h13-20H,3-12H2,1-2H3. The summed E-state index contributed by atoms with van der Waals surface area (Å²) in [5.41, 5.74) is 0. The maximum atomic E-state index is 9.89. The lowest BCUT2D eigenvalue weighted by Gasteiger charge is -2.39. The number of hydrogen-bond acceptors (Lipinski definition) is 6. The molecule has 0 aromatic heterocycles. The molecule has 6 nitrogen and oxygen atoms in total. The summed E-state index contributed by atoms with van der Waals surface area (Å²) in [5, 5.41) is 29.3. The van der Waals surface area contributed by atoms with Crippen molar-refractivity contribution in [2.24, 2.45) is 0 Å². The van der Waals surface area contributed by atoms with Gasteiger partial charge in [-0.15, -0.1) is 0 Å². The number of rotatable bonds is 12. The Kier molecular flexibility index (Phi) is 11.0. The number of aliphatic hydroxyl groups excluding tert-OH is 3. The highest BCUT2D eigenvalue weighted by Crippen LogP contribution is 2.22. The van der Waals surface area contributed by atoms with Crippen LogP contribution in [-0.4, -0.2) is 66.3 Å². The van der Waals surface area contributed by atoms with Gasteiger partial charge in [0.25, 0.3) is 0 Å². The third-order valence-corrected chi connectivity index (χ3v) is 4.33. The Bertz CT molecular complexity index is 286. The fraction of sp³-hybridized carbons (Fsp3) is 1.00. The molecule has 1 heterocycles. The SMILES string of the molecule is CCCCCCCCCCOCC1OC(OC)C(O)C(O)C1O. The Balaban J connectivity index is 2.06. The molecule has 1 fully saturated rings. The maximum Gasteiger partial charge on any atom is 0.186 e. The van der Waals surface area contributed by atoms with E-state index in [4.69, 9.17) is 14.2 Å². The number of methoxy groups -OCH3 is 1. The summed E-state index contributed by atoms with van der Waals surface area (Å²) >= 11 is 0. The van der Waals surface area contributed by atoms with Crippen LogP contribution in [0.5, 0.6) is 0 Å². The van der Waals surface area contributed by atoms with Gasteiger partial charge < -0.3 is 29.5 Å². The Morgan fingerprint density at radius 1 is 0.826 bits per heavy atom. The van der Waals surface area contributed by atoms with Crippen LogP contribution in [-0.2, 0) is 14.2 Å². The van der Waals surface area contributed by atoms with Gasteiger partial charge in [0, 0.05) is 13.7 Å². The Morgan fingerprint density at radius 3 is 2.04 bits per heavy atom. The van der Waals surface area contributed by atoms with Crippen LogP contribution < -0.4 is 0 Å². The molecule has 1 rings (SSSR count). The Labute approximate surface area is 139 Å². The van der Waals surface area contributed by atoms with Crippen molar-refractivity contribution in [3.63, 3.8) is 0 Å². The molecule has 0 saturated carbocycles. The van der Waals surface area contributed by atoms with E-state index in [0.29, 0.717) is 6.61 Å². The normalized spacial score (nSPS) is 31.4. The van der Waals surface area contributed by atoms with Gasteiger partial charge in [0.15, 0.2) is 6.29 Å². The van der Waals surface area contributed by atoms with E-state index in [0.717, 1.165) is 12.8 Å². The molecule has 1 aliphatic rings. The van der Waals surface area contributed by atoms with Crippen molar-refractivity contribution in [2.45, 2.75) is 89.0 Å². The molecule has 0 radical (unpaired) electrons. The zero-order valence-electron chi connectivity index (χ0n) is 14.5. The van der Waals surface area contributed by atoms with Gasteiger partial charge in [-0.05, 0) is 6.42 Å². The van der Waals surface area contributed by atoms with Crippen LogP contribution in [0.4, 0.5) is 0 Å². The van der Waals surface area contributed by atoms with Crippen LogP contribution in [0.2, 0.25) is 0 Å². The summed E-state index contributed by atoms with van der Waals surface area (Å²) in [6.45, 7) is 3.01. The molecule has 0 aliphatic carbocycles. The lowest BCUT2D eigenvalue weighted by Crippen LogP contribution is -2.59. The van der Waals surface area contributed by atoms with Crippen LogP contribution in [0.25, 0.3) is 0 Å². The summed E-state index contributed by atoms with van der Waals surface area (Å²) in [5.74, 6) is 0. The molecule has 138 valence electrons. The highest BCUT2D eigenvalue weighted by Gasteiger charge is 2.43. The third kappa shape index (κ3) is 7.45. The molecule has 0 bridgehead atoms. The molecular weight excluding hydrogens is 300 g/mol. The van der Waals surface area contributed by atoms with Crippen molar-refractivity contribution >= 4 is 0 Å². The predicted molar refractivity (Wildman–Crippen MR) is 87.1 cm³/mol. The average Bonchev–Trinajstić information content (AvgIpc) is 2.56. The van der Waals surface area contributed by atoms with Gasteiger partial charge in [0.2, 0.25) is 0 Å². The van der Waals surface area contributed by atoms with Crippen molar-refractivity contribution in [3.05, 3.63) is 0 Å². The minimum atomic E-state index is -1.29. The molecule has 5 unspecified atom stereocenters. The first-order chi connectivity index (χ1) is 11.1. The van der Waals surface area contributed by atoms with Crippen LogP contribution in [0.15, 0.2) is 0 Å². The fourth-order valence-corrected chi connectivity index (χ4v) is 2.79. The smallest absolute Gasteiger partial charge is 0.186 e. The maximum absolute atomic E-state index is 9.89. The molecule has 23 heavy (non-hydrogen) atoms. The van der Waals surface area contributed by atoms with E-state index in [1.54, 1.807) is 0 Å². The first-order valence-electron chi connectivity index (χ1n) is 8.92. The van der Waals surface area contributed by atoms with Gasteiger partial charge in [-0.2, -0.15) is 0 Å². The number of hydrogen-bond donors (Lipinski definition) is 3. The first-order valence-corrected chi connectivity index (χ1v) is 8.92. The average molecular weight is 334 g/mol. The topological polar surface area (TPSA) is 88.4 Å². The molecule has 5 atom stereocenters. The monoisotopic (exact) mass is 334 g/mol. The number of unbranched alkanes of at least 4 members (excludes halogenated alkanes) is 7. The highest BCUT2D eigenvalue weighted by atomic mass is 16.7. The molecular formula is C17H34O6.